The highest BCUT2D eigenvalue weighted by atomic mass is 16.1. The van der Waals surface area contributed by atoms with Crippen molar-refractivity contribution in [2.24, 2.45) is 5.41 Å². The molecule has 1 spiro atoms. The third kappa shape index (κ3) is 2.60. The van der Waals surface area contributed by atoms with Crippen molar-refractivity contribution in [3.8, 4) is 6.07 Å². The fraction of sp³-hybridized carbons (Fsp3) is 0.550. The summed E-state index contributed by atoms with van der Waals surface area (Å²) in [4.78, 5) is 22.0. The number of fused-ring (bicyclic) bond motifs is 1. The van der Waals surface area contributed by atoms with E-state index in [1.807, 2.05) is 6.07 Å². The second kappa shape index (κ2) is 5.87. The van der Waals surface area contributed by atoms with Crippen LogP contribution in [0.15, 0.2) is 17.1 Å². The van der Waals surface area contributed by atoms with E-state index >= 15 is 0 Å². The van der Waals surface area contributed by atoms with Gasteiger partial charge in [-0.3, -0.25) is 9.78 Å². The van der Waals surface area contributed by atoms with Gasteiger partial charge in [0.2, 0.25) is 0 Å². The second-order valence-corrected chi connectivity index (χ2v) is 7.94. The molecule has 130 valence electrons. The average molecular weight is 336 g/mol. The number of anilines is 1. The fourth-order valence-electron chi connectivity index (χ4n) is 4.32. The van der Waals surface area contributed by atoms with Crippen molar-refractivity contribution in [3.63, 3.8) is 0 Å². The summed E-state index contributed by atoms with van der Waals surface area (Å²) in [6.07, 6.45) is 8.07. The maximum Gasteiger partial charge on any atom is 0.268 e. The van der Waals surface area contributed by atoms with Crippen LogP contribution < -0.4 is 10.5 Å². The first-order valence-corrected chi connectivity index (χ1v) is 9.24. The number of H-pyrrole nitrogens is 1. The predicted molar refractivity (Wildman–Crippen MR) is 98.9 cm³/mol. The van der Waals surface area contributed by atoms with Crippen LogP contribution in [0.5, 0.6) is 0 Å². The molecule has 5 nitrogen and oxygen atoms in total. The number of aromatic nitrogens is 2. The normalized spacial score (nSPS) is 19.2. The van der Waals surface area contributed by atoms with E-state index in [9.17, 15) is 10.1 Å². The van der Waals surface area contributed by atoms with E-state index in [4.69, 9.17) is 0 Å². The largest absolute Gasteiger partial charge is 0.370 e. The Labute approximate surface area is 147 Å². The standard InChI is InChI=1S/C20H24N4O/c1-13(2)16-10-14-17(12-22-16)23-19(25)15(11-21)18(14)24-8-6-20(7-9-24)4-3-5-20/h10,12-13H,3-9H2,1-2H3,(H,23,25). The molecule has 2 aliphatic rings. The van der Waals surface area contributed by atoms with Crippen LogP contribution in [0, 0.1) is 16.7 Å². The van der Waals surface area contributed by atoms with Crippen molar-refractivity contribution in [2.45, 2.75) is 51.9 Å². The van der Waals surface area contributed by atoms with Crippen molar-refractivity contribution >= 4 is 16.6 Å². The Balaban J connectivity index is 1.83. The molecule has 0 unspecified atom stereocenters. The molecular weight excluding hydrogens is 312 g/mol. The molecule has 1 aliphatic heterocycles. The summed E-state index contributed by atoms with van der Waals surface area (Å²) < 4.78 is 0. The van der Waals surface area contributed by atoms with Crippen molar-refractivity contribution in [1.82, 2.24) is 9.97 Å². The summed E-state index contributed by atoms with van der Waals surface area (Å²) >= 11 is 0. The first-order chi connectivity index (χ1) is 12.0. The van der Waals surface area contributed by atoms with Gasteiger partial charge in [0, 0.05) is 24.2 Å². The molecule has 3 heterocycles. The number of nitriles is 1. The van der Waals surface area contributed by atoms with Gasteiger partial charge in [-0.1, -0.05) is 20.3 Å². The maximum atomic E-state index is 12.4. The van der Waals surface area contributed by atoms with Gasteiger partial charge in [-0.2, -0.15) is 5.26 Å². The molecule has 25 heavy (non-hydrogen) atoms. The molecule has 0 atom stereocenters. The molecule has 0 aromatic carbocycles. The number of hydrogen-bond donors (Lipinski definition) is 1. The number of hydrogen-bond acceptors (Lipinski definition) is 4. The lowest BCUT2D eigenvalue weighted by atomic mass is 9.63. The zero-order valence-electron chi connectivity index (χ0n) is 14.9. The van der Waals surface area contributed by atoms with Crippen molar-refractivity contribution in [3.05, 3.63) is 33.9 Å². The molecule has 2 fully saturated rings. The van der Waals surface area contributed by atoms with Crippen LogP contribution in [0.3, 0.4) is 0 Å². The number of pyridine rings is 2. The average Bonchev–Trinajstić information content (AvgIpc) is 2.59. The molecule has 1 saturated carbocycles. The van der Waals surface area contributed by atoms with E-state index in [2.05, 4.69) is 34.8 Å². The smallest absolute Gasteiger partial charge is 0.268 e. The van der Waals surface area contributed by atoms with Gasteiger partial charge < -0.3 is 9.88 Å². The van der Waals surface area contributed by atoms with Gasteiger partial charge in [0.05, 0.1) is 17.4 Å². The number of nitrogens with zero attached hydrogens (tertiary/aromatic N) is 3. The minimum absolute atomic E-state index is 0.234. The first-order valence-electron chi connectivity index (χ1n) is 9.24. The highest BCUT2D eigenvalue weighted by molar-refractivity contribution is 5.94. The van der Waals surface area contributed by atoms with Crippen LogP contribution in [0.2, 0.25) is 0 Å². The van der Waals surface area contributed by atoms with Crippen LogP contribution in [0.4, 0.5) is 5.69 Å². The Morgan fingerprint density at radius 3 is 2.56 bits per heavy atom. The van der Waals surface area contributed by atoms with E-state index < -0.39 is 0 Å². The lowest BCUT2D eigenvalue weighted by Gasteiger charge is -2.48. The molecule has 1 N–H and O–H groups in total. The summed E-state index contributed by atoms with van der Waals surface area (Å²) in [7, 11) is 0. The Hall–Kier alpha value is -2.35. The van der Waals surface area contributed by atoms with E-state index in [0.29, 0.717) is 16.8 Å². The zero-order chi connectivity index (χ0) is 17.6. The van der Waals surface area contributed by atoms with E-state index in [-0.39, 0.29) is 11.1 Å². The van der Waals surface area contributed by atoms with Gasteiger partial charge >= 0.3 is 0 Å². The van der Waals surface area contributed by atoms with Gasteiger partial charge in [0.15, 0.2) is 0 Å². The van der Waals surface area contributed by atoms with Crippen molar-refractivity contribution in [2.75, 3.05) is 18.0 Å². The lowest BCUT2D eigenvalue weighted by molar-refractivity contribution is 0.0956. The molecule has 2 aromatic heterocycles. The quantitative estimate of drug-likeness (QED) is 0.908. The molecular formula is C20H24N4O. The Kier molecular flexibility index (Phi) is 3.79. The van der Waals surface area contributed by atoms with Gasteiger partial charge in [-0.05, 0) is 43.1 Å². The van der Waals surface area contributed by atoms with E-state index in [1.165, 1.54) is 19.3 Å². The highest BCUT2D eigenvalue weighted by Crippen LogP contribution is 2.49. The lowest BCUT2D eigenvalue weighted by Crippen LogP contribution is -2.44. The van der Waals surface area contributed by atoms with Gasteiger partial charge in [-0.15, -0.1) is 0 Å². The minimum atomic E-state index is -0.312. The number of nitrogens with one attached hydrogen (secondary N) is 1. The van der Waals surface area contributed by atoms with Gasteiger partial charge in [-0.25, -0.2) is 0 Å². The van der Waals surface area contributed by atoms with Crippen molar-refractivity contribution < 1.29 is 0 Å². The summed E-state index contributed by atoms with van der Waals surface area (Å²) in [6, 6.07) is 4.19. The number of rotatable bonds is 2. The third-order valence-corrected chi connectivity index (χ3v) is 6.15. The fourth-order valence-corrected chi connectivity index (χ4v) is 4.32. The molecule has 0 amide bonds. The molecule has 1 saturated heterocycles. The summed E-state index contributed by atoms with van der Waals surface area (Å²) in [5, 5.41) is 10.6. The predicted octanol–water partition coefficient (Wildman–Crippen LogP) is 3.69. The minimum Gasteiger partial charge on any atom is -0.370 e. The number of piperidine rings is 1. The SMILES string of the molecule is CC(C)c1cc2c(N3CCC4(CCC4)CC3)c(C#N)c(=O)[nH]c2cn1. The van der Waals surface area contributed by atoms with Crippen LogP contribution >= 0.6 is 0 Å². The van der Waals surface area contributed by atoms with E-state index in [0.717, 1.165) is 42.7 Å². The van der Waals surface area contributed by atoms with Gasteiger partial charge in [0.1, 0.15) is 11.6 Å². The summed E-state index contributed by atoms with van der Waals surface area (Å²) in [5.74, 6) is 0.300. The van der Waals surface area contributed by atoms with E-state index in [1.54, 1.807) is 6.20 Å². The van der Waals surface area contributed by atoms with Crippen LogP contribution in [0.25, 0.3) is 10.9 Å². The topological polar surface area (TPSA) is 72.8 Å². The molecule has 0 bridgehead atoms. The monoisotopic (exact) mass is 336 g/mol. The third-order valence-electron chi connectivity index (χ3n) is 6.15. The molecule has 1 aliphatic carbocycles. The van der Waals surface area contributed by atoms with Crippen LogP contribution in [-0.4, -0.2) is 23.1 Å². The van der Waals surface area contributed by atoms with Crippen LogP contribution in [0.1, 0.15) is 63.1 Å². The zero-order valence-corrected chi connectivity index (χ0v) is 14.9. The number of aromatic amines is 1. The first kappa shape index (κ1) is 16.1. The summed E-state index contributed by atoms with van der Waals surface area (Å²) in [5.41, 5.74) is 2.96. The van der Waals surface area contributed by atoms with Crippen molar-refractivity contribution in [1.29, 1.82) is 5.26 Å². The molecule has 0 radical (unpaired) electrons. The molecule has 5 heteroatoms. The molecule has 2 aromatic rings. The molecule has 4 rings (SSSR count). The van der Waals surface area contributed by atoms with Crippen LogP contribution in [-0.2, 0) is 0 Å². The summed E-state index contributed by atoms with van der Waals surface area (Å²) in [6.45, 7) is 6.05. The second-order valence-electron chi connectivity index (χ2n) is 7.94. The Morgan fingerprint density at radius 1 is 1.28 bits per heavy atom. The Morgan fingerprint density at radius 2 is 2.00 bits per heavy atom. The Bertz CT molecular complexity index is 908. The van der Waals surface area contributed by atoms with Gasteiger partial charge in [0.25, 0.3) is 5.56 Å². The maximum absolute atomic E-state index is 12.4. The highest BCUT2D eigenvalue weighted by Gasteiger charge is 2.40.